The summed E-state index contributed by atoms with van der Waals surface area (Å²) in [5.74, 6) is 0.661. The van der Waals surface area contributed by atoms with Gasteiger partial charge in [0, 0.05) is 37.1 Å². The lowest BCUT2D eigenvalue weighted by Crippen LogP contribution is -2.36. The van der Waals surface area contributed by atoms with Gasteiger partial charge in [-0.2, -0.15) is 17.4 Å². The molecule has 0 aliphatic carbocycles. The highest BCUT2D eigenvalue weighted by atomic mass is 32.2. The highest BCUT2D eigenvalue weighted by molar-refractivity contribution is 7.87. The second kappa shape index (κ2) is 5.84. The third-order valence-electron chi connectivity index (χ3n) is 3.05. The summed E-state index contributed by atoms with van der Waals surface area (Å²) in [6, 6.07) is 6.90. The van der Waals surface area contributed by atoms with Crippen molar-refractivity contribution in [3.63, 3.8) is 0 Å². The lowest BCUT2D eigenvalue weighted by molar-refractivity contribution is 0.415. The van der Waals surface area contributed by atoms with Crippen molar-refractivity contribution < 1.29 is 13.2 Å². The largest absolute Gasteiger partial charge is 0.497 e. The molecular formula is C13H17N3O4S. The molecule has 2 rings (SSSR count). The van der Waals surface area contributed by atoms with Crippen LogP contribution in [0.4, 0.5) is 0 Å². The first-order valence-corrected chi connectivity index (χ1v) is 7.64. The molecule has 0 aliphatic heterocycles. The van der Waals surface area contributed by atoms with Crippen molar-refractivity contribution in [2.45, 2.75) is 6.54 Å². The third-order valence-corrected chi connectivity index (χ3v) is 4.52. The maximum Gasteiger partial charge on any atom is 0.279 e. The predicted molar refractivity (Wildman–Crippen MR) is 80.6 cm³/mol. The number of rotatable bonds is 5. The minimum absolute atomic E-state index is 0.0804. The minimum atomic E-state index is -3.57. The Bertz CT molecular complexity index is 812. The number of nitrogens with zero attached hydrogens (tertiary/aromatic N) is 1. The van der Waals surface area contributed by atoms with Crippen molar-refractivity contribution >= 4 is 21.1 Å². The molecule has 2 N–H and O–H groups in total. The molecule has 114 valence electrons. The van der Waals surface area contributed by atoms with Gasteiger partial charge >= 0.3 is 0 Å². The fraction of sp³-hybridized carbons (Fsp3) is 0.308. The van der Waals surface area contributed by atoms with Crippen molar-refractivity contribution in [1.29, 1.82) is 0 Å². The van der Waals surface area contributed by atoms with Gasteiger partial charge in [-0.25, -0.2) is 0 Å². The second-order valence-corrected chi connectivity index (χ2v) is 6.65. The van der Waals surface area contributed by atoms with Gasteiger partial charge in [0.05, 0.1) is 7.11 Å². The summed E-state index contributed by atoms with van der Waals surface area (Å²) in [5, 5.41) is 0.771. The topological polar surface area (TPSA) is 91.5 Å². The third kappa shape index (κ3) is 3.41. The van der Waals surface area contributed by atoms with Crippen LogP contribution in [0, 0.1) is 0 Å². The number of nitrogens with one attached hydrogen (secondary N) is 2. The molecule has 1 aromatic carbocycles. The second-order valence-electron chi connectivity index (χ2n) is 4.69. The van der Waals surface area contributed by atoms with Crippen molar-refractivity contribution in [2.24, 2.45) is 0 Å². The molecule has 1 aromatic heterocycles. The Morgan fingerprint density at radius 3 is 2.62 bits per heavy atom. The normalized spacial score (nSPS) is 12.0. The number of methoxy groups -OCH3 is 1. The summed E-state index contributed by atoms with van der Waals surface area (Å²) < 4.78 is 31.9. The van der Waals surface area contributed by atoms with Crippen molar-refractivity contribution in [1.82, 2.24) is 14.0 Å². The van der Waals surface area contributed by atoms with Gasteiger partial charge in [-0.05, 0) is 24.3 Å². The van der Waals surface area contributed by atoms with Crippen LogP contribution in [0.2, 0.25) is 0 Å². The first-order valence-electron chi connectivity index (χ1n) is 6.20. The molecule has 21 heavy (non-hydrogen) atoms. The van der Waals surface area contributed by atoms with Crippen LogP contribution < -0.4 is 15.0 Å². The number of aromatic nitrogens is 1. The van der Waals surface area contributed by atoms with Gasteiger partial charge in [0.1, 0.15) is 5.75 Å². The van der Waals surface area contributed by atoms with E-state index in [0.717, 1.165) is 9.69 Å². The summed E-state index contributed by atoms with van der Waals surface area (Å²) in [6.07, 6.45) is 0. The van der Waals surface area contributed by atoms with E-state index in [1.165, 1.54) is 14.1 Å². The maximum atomic E-state index is 11.9. The van der Waals surface area contributed by atoms with Crippen LogP contribution in [0.25, 0.3) is 10.9 Å². The first-order chi connectivity index (χ1) is 9.83. The number of hydrogen-bond acceptors (Lipinski definition) is 4. The number of hydrogen-bond donors (Lipinski definition) is 2. The van der Waals surface area contributed by atoms with Gasteiger partial charge in [0.2, 0.25) is 0 Å². The summed E-state index contributed by atoms with van der Waals surface area (Å²) in [5.41, 5.74) is 0.676. The van der Waals surface area contributed by atoms with Crippen LogP contribution in [0.3, 0.4) is 0 Å². The quantitative estimate of drug-likeness (QED) is 0.838. The van der Waals surface area contributed by atoms with E-state index in [9.17, 15) is 13.2 Å². The molecule has 0 radical (unpaired) electrons. The number of ether oxygens (including phenoxy) is 1. The van der Waals surface area contributed by atoms with E-state index in [2.05, 4.69) is 9.71 Å². The Balaban J connectivity index is 2.36. The molecule has 0 saturated heterocycles. The van der Waals surface area contributed by atoms with Gasteiger partial charge in [0.25, 0.3) is 15.8 Å². The molecule has 0 saturated carbocycles. The lowest BCUT2D eigenvalue weighted by atomic mass is 10.1. The molecule has 8 heteroatoms. The molecule has 0 unspecified atom stereocenters. The Morgan fingerprint density at radius 1 is 1.29 bits per heavy atom. The fourth-order valence-electron chi connectivity index (χ4n) is 1.79. The van der Waals surface area contributed by atoms with E-state index in [4.69, 9.17) is 4.74 Å². The van der Waals surface area contributed by atoms with E-state index in [1.807, 2.05) is 0 Å². The van der Waals surface area contributed by atoms with Crippen LogP contribution in [0.5, 0.6) is 5.75 Å². The summed E-state index contributed by atoms with van der Waals surface area (Å²) in [7, 11) is 0.810. The monoisotopic (exact) mass is 311 g/mol. The molecule has 0 amide bonds. The zero-order valence-corrected chi connectivity index (χ0v) is 12.8. The number of benzene rings is 1. The lowest BCUT2D eigenvalue weighted by Gasteiger charge is -2.12. The van der Waals surface area contributed by atoms with Gasteiger partial charge in [-0.15, -0.1) is 0 Å². The first kappa shape index (κ1) is 15.5. The fourth-order valence-corrected chi connectivity index (χ4v) is 2.38. The summed E-state index contributed by atoms with van der Waals surface area (Å²) >= 11 is 0. The Hall–Kier alpha value is -1.90. The van der Waals surface area contributed by atoms with Crippen LogP contribution >= 0.6 is 0 Å². The number of fused-ring (bicyclic) bond motifs is 1. The van der Waals surface area contributed by atoms with E-state index in [0.29, 0.717) is 16.8 Å². The van der Waals surface area contributed by atoms with Crippen LogP contribution in [-0.2, 0) is 16.8 Å². The van der Waals surface area contributed by atoms with Gasteiger partial charge in [-0.3, -0.25) is 4.79 Å². The summed E-state index contributed by atoms with van der Waals surface area (Å²) in [4.78, 5) is 14.7. The Kier molecular flexibility index (Phi) is 4.31. The highest BCUT2D eigenvalue weighted by Crippen LogP contribution is 2.18. The van der Waals surface area contributed by atoms with Crippen LogP contribution in [0.1, 0.15) is 5.56 Å². The van der Waals surface area contributed by atoms with E-state index < -0.39 is 10.2 Å². The standard InChI is InChI=1S/C13H17N3O4S/c1-16(2)21(18,19)14-8-10-6-9-7-11(20-3)4-5-12(9)15-13(10)17/h4-7,14H,8H2,1-3H3,(H,15,17). The Morgan fingerprint density at radius 2 is 2.00 bits per heavy atom. The van der Waals surface area contributed by atoms with Crippen molar-refractivity contribution in [2.75, 3.05) is 21.2 Å². The molecule has 0 spiro atoms. The molecule has 7 nitrogen and oxygen atoms in total. The minimum Gasteiger partial charge on any atom is -0.497 e. The average Bonchev–Trinajstić information content (AvgIpc) is 2.44. The van der Waals surface area contributed by atoms with Crippen LogP contribution in [-0.4, -0.2) is 38.9 Å². The van der Waals surface area contributed by atoms with Gasteiger partial charge in [-0.1, -0.05) is 0 Å². The van der Waals surface area contributed by atoms with Crippen LogP contribution in [0.15, 0.2) is 29.1 Å². The maximum absolute atomic E-state index is 11.9. The molecule has 0 atom stereocenters. The number of H-pyrrole nitrogens is 1. The SMILES string of the molecule is COc1ccc2[nH]c(=O)c(CNS(=O)(=O)N(C)C)cc2c1. The molecule has 1 heterocycles. The number of pyridine rings is 1. The van der Waals surface area contributed by atoms with E-state index >= 15 is 0 Å². The predicted octanol–water partition coefficient (Wildman–Crippen LogP) is 0.433. The average molecular weight is 311 g/mol. The van der Waals surface area contributed by atoms with E-state index in [-0.39, 0.29) is 12.1 Å². The van der Waals surface area contributed by atoms with Crippen molar-refractivity contribution in [3.8, 4) is 5.75 Å². The summed E-state index contributed by atoms with van der Waals surface area (Å²) in [6.45, 7) is -0.0804. The van der Waals surface area contributed by atoms with E-state index in [1.54, 1.807) is 31.4 Å². The Labute approximate surface area is 122 Å². The van der Waals surface area contributed by atoms with Gasteiger partial charge in [0.15, 0.2) is 0 Å². The molecule has 0 bridgehead atoms. The zero-order valence-electron chi connectivity index (χ0n) is 12.0. The molecular weight excluding hydrogens is 294 g/mol. The molecule has 2 aromatic rings. The molecule has 0 fully saturated rings. The zero-order chi connectivity index (χ0) is 15.6. The van der Waals surface area contributed by atoms with Gasteiger partial charge < -0.3 is 9.72 Å². The smallest absolute Gasteiger partial charge is 0.279 e. The van der Waals surface area contributed by atoms with Crippen molar-refractivity contribution in [3.05, 3.63) is 40.2 Å². The highest BCUT2D eigenvalue weighted by Gasteiger charge is 2.13. The molecule has 0 aliphatic rings. The number of aromatic amines is 1.